The molecule has 0 amide bonds. The molecule has 0 saturated carbocycles. The topological polar surface area (TPSA) is 26.3 Å². The van der Waals surface area contributed by atoms with Gasteiger partial charge in [-0.2, -0.15) is 0 Å². The average molecular weight is 180 g/mol. The summed E-state index contributed by atoms with van der Waals surface area (Å²) < 4.78 is 5.61. The average Bonchev–Trinajstić information content (AvgIpc) is 2.36. The maximum absolute atomic E-state index is 11.7. The molecule has 2 heteroatoms. The lowest BCUT2D eigenvalue weighted by Gasteiger charge is -2.23. The summed E-state index contributed by atoms with van der Waals surface area (Å²) in [4.78, 5) is 11.7. The summed E-state index contributed by atoms with van der Waals surface area (Å²) >= 11 is 0. The first kappa shape index (κ1) is 8.79. The first-order valence-corrected chi connectivity index (χ1v) is 4.93. The van der Waals surface area contributed by atoms with Crippen molar-refractivity contribution in [2.24, 2.45) is 11.3 Å². The van der Waals surface area contributed by atoms with Gasteiger partial charge in [-0.3, -0.25) is 4.79 Å². The van der Waals surface area contributed by atoms with Crippen LogP contribution in [0.3, 0.4) is 0 Å². The van der Waals surface area contributed by atoms with Crippen molar-refractivity contribution in [1.29, 1.82) is 0 Å². The minimum absolute atomic E-state index is 0.0545. The molecule has 1 aliphatic heterocycles. The Bertz CT molecular complexity index is 286. The SMILES string of the molecule is CC1CCC(=O)C2=C1OCC2(C)C. The van der Waals surface area contributed by atoms with Crippen LogP contribution in [0, 0.1) is 11.3 Å². The van der Waals surface area contributed by atoms with Crippen LogP contribution in [0.2, 0.25) is 0 Å². The van der Waals surface area contributed by atoms with E-state index >= 15 is 0 Å². The van der Waals surface area contributed by atoms with Crippen molar-refractivity contribution in [3.05, 3.63) is 11.3 Å². The fourth-order valence-corrected chi connectivity index (χ4v) is 2.24. The van der Waals surface area contributed by atoms with Crippen molar-refractivity contribution in [3.63, 3.8) is 0 Å². The zero-order chi connectivity index (χ0) is 9.64. The Hall–Kier alpha value is -0.790. The van der Waals surface area contributed by atoms with Crippen LogP contribution in [0.15, 0.2) is 11.3 Å². The maximum Gasteiger partial charge on any atom is 0.162 e. The predicted molar refractivity (Wildman–Crippen MR) is 50.2 cm³/mol. The monoisotopic (exact) mass is 180 g/mol. The largest absolute Gasteiger partial charge is 0.496 e. The zero-order valence-electron chi connectivity index (χ0n) is 8.52. The van der Waals surface area contributed by atoms with E-state index in [1.165, 1.54) is 0 Å². The highest BCUT2D eigenvalue weighted by Gasteiger charge is 2.42. The van der Waals surface area contributed by atoms with Gasteiger partial charge in [-0.05, 0) is 6.42 Å². The molecule has 0 radical (unpaired) electrons. The number of hydrogen-bond acceptors (Lipinski definition) is 2. The van der Waals surface area contributed by atoms with Crippen molar-refractivity contribution < 1.29 is 9.53 Å². The molecular formula is C11H16O2. The van der Waals surface area contributed by atoms with Gasteiger partial charge in [0.25, 0.3) is 0 Å². The maximum atomic E-state index is 11.7. The summed E-state index contributed by atoms with van der Waals surface area (Å²) in [5, 5.41) is 0. The molecule has 2 nitrogen and oxygen atoms in total. The lowest BCUT2D eigenvalue weighted by atomic mass is 9.77. The Balaban J connectivity index is 2.46. The van der Waals surface area contributed by atoms with Gasteiger partial charge in [0, 0.05) is 23.3 Å². The van der Waals surface area contributed by atoms with Crippen molar-refractivity contribution in [2.45, 2.75) is 33.6 Å². The summed E-state index contributed by atoms with van der Waals surface area (Å²) in [7, 11) is 0. The van der Waals surface area contributed by atoms with Crippen LogP contribution >= 0.6 is 0 Å². The molecule has 0 aromatic carbocycles. The molecule has 0 spiro atoms. The Morgan fingerprint density at radius 1 is 1.46 bits per heavy atom. The van der Waals surface area contributed by atoms with E-state index in [2.05, 4.69) is 20.8 Å². The summed E-state index contributed by atoms with van der Waals surface area (Å²) in [6.07, 6.45) is 1.65. The van der Waals surface area contributed by atoms with Crippen LogP contribution < -0.4 is 0 Å². The van der Waals surface area contributed by atoms with E-state index < -0.39 is 0 Å². The van der Waals surface area contributed by atoms with Crippen LogP contribution in [0.25, 0.3) is 0 Å². The van der Waals surface area contributed by atoms with E-state index in [1.54, 1.807) is 0 Å². The van der Waals surface area contributed by atoms with Crippen LogP contribution in [0.1, 0.15) is 33.6 Å². The molecule has 0 saturated heterocycles. The van der Waals surface area contributed by atoms with Gasteiger partial charge in [0.05, 0.1) is 6.61 Å². The van der Waals surface area contributed by atoms with Gasteiger partial charge in [0.15, 0.2) is 5.78 Å². The molecule has 1 atom stereocenters. The molecule has 0 N–H and O–H groups in total. The lowest BCUT2D eigenvalue weighted by molar-refractivity contribution is -0.117. The second-order valence-corrected chi connectivity index (χ2v) is 4.77. The molecular weight excluding hydrogens is 164 g/mol. The number of carbonyl (C=O) groups excluding carboxylic acids is 1. The Labute approximate surface area is 79.0 Å². The smallest absolute Gasteiger partial charge is 0.162 e. The number of carbonyl (C=O) groups is 1. The normalized spacial score (nSPS) is 31.6. The van der Waals surface area contributed by atoms with Crippen LogP contribution in [-0.4, -0.2) is 12.4 Å². The minimum atomic E-state index is -0.0545. The highest BCUT2D eigenvalue weighted by molar-refractivity contribution is 5.98. The third-order valence-corrected chi connectivity index (χ3v) is 3.04. The van der Waals surface area contributed by atoms with Gasteiger partial charge in [-0.15, -0.1) is 0 Å². The second-order valence-electron chi connectivity index (χ2n) is 4.77. The Morgan fingerprint density at radius 3 is 2.77 bits per heavy atom. The van der Waals surface area contributed by atoms with Gasteiger partial charge in [0.1, 0.15) is 5.76 Å². The first-order chi connectivity index (χ1) is 6.02. The molecule has 72 valence electrons. The molecule has 1 heterocycles. The third-order valence-electron chi connectivity index (χ3n) is 3.04. The molecule has 0 fully saturated rings. The molecule has 1 aliphatic carbocycles. The fourth-order valence-electron chi connectivity index (χ4n) is 2.24. The van der Waals surface area contributed by atoms with Crippen LogP contribution in [0.4, 0.5) is 0 Å². The number of ether oxygens (including phenoxy) is 1. The molecule has 0 bridgehead atoms. The molecule has 0 aromatic rings. The Kier molecular flexibility index (Phi) is 1.76. The number of rotatable bonds is 0. The third kappa shape index (κ3) is 1.19. The minimum Gasteiger partial charge on any atom is -0.496 e. The fraction of sp³-hybridized carbons (Fsp3) is 0.727. The van der Waals surface area contributed by atoms with Crippen LogP contribution in [0.5, 0.6) is 0 Å². The van der Waals surface area contributed by atoms with Crippen LogP contribution in [-0.2, 0) is 9.53 Å². The highest BCUT2D eigenvalue weighted by atomic mass is 16.5. The number of ketones is 1. The molecule has 1 unspecified atom stereocenters. The number of allylic oxidation sites excluding steroid dienone is 1. The van der Waals surface area contributed by atoms with Crippen molar-refractivity contribution in [3.8, 4) is 0 Å². The summed E-state index contributed by atoms with van der Waals surface area (Å²) in [6, 6.07) is 0. The number of hydrogen-bond donors (Lipinski definition) is 0. The summed E-state index contributed by atoms with van der Waals surface area (Å²) in [5.41, 5.74) is 0.910. The number of Topliss-reactive ketones (excluding diaryl/α,β-unsaturated/α-hetero) is 1. The van der Waals surface area contributed by atoms with E-state index in [9.17, 15) is 4.79 Å². The van der Waals surface area contributed by atoms with E-state index in [1.807, 2.05) is 0 Å². The van der Waals surface area contributed by atoms with Crippen molar-refractivity contribution in [2.75, 3.05) is 6.61 Å². The standard InChI is InChI=1S/C11H16O2/c1-7-4-5-8(12)9-10(7)13-6-11(9,2)3/h7H,4-6H2,1-3H3. The van der Waals surface area contributed by atoms with Gasteiger partial charge >= 0.3 is 0 Å². The molecule has 13 heavy (non-hydrogen) atoms. The molecule has 2 rings (SSSR count). The highest BCUT2D eigenvalue weighted by Crippen LogP contribution is 2.44. The van der Waals surface area contributed by atoms with Gasteiger partial charge in [-0.1, -0.05) is 20.8 Å². The lowest BCUT2D eigenvalue weighted by Crippen LogP contribution is -2.24. The van der Waals surface area contributed by atoms with E-state index in [4.69, 9.17) is 4.74 Å². The molecule has 0 aromatic heterocycles. The second kappa shape index (κ2) is 2.60. The van der Waals surface area contributed by atoms with Crippen molar-refractivity contribution in [1.82, 2.24) is 0 Å². The van der Waals surface area contributed by atoms with E-state index in [0.717, 1.165) is 17.8 Å². The van der Waals surface area contributed by atoms with E-state index in [-0.39, 0.29) is 5.41 Å². The van der Waals surface area contributed by atoms with E-state index in [0.29, 0.717) is 24.7 Å². The van der Waals surface area contributed by atoms with Crippen molar-refractivity contribution >= 4 is 5.78 Å². The van der Waals surface area contributed by atoms with Gasteiger partial charge in [-0.25, -0.2) is 0 Å². The quantitative estimate of drug-likeness (QED) is 0.571. The predicted octanol–water partition coefficient (Wildman–Crippen LogP) is 2.30. The zero-order valence-corrected chi connectivity index (χ0v) is 8.52. The summed E-state index contributed by atoms with van der Waals surface area (Å²) in [6.45, 7) is 6.99. The summed E-state index contributed by atoms with van der Waals surface area (Å²) in [5.74, 6) is 1.71. The Morgan fingerprint density at radius 2 is 2.15 bits per heavy atom. The van der Waals surface area contributed by atoms with Gasteiger partial charge in [0.2, 0.25) is 0 Å². The molecule has 2 aliphatic rings. The van der Waals surface area contributed by atoms with Gasteiger partial charge < -0.3 is 4.74 Å². The first-order valence-electron chi connectivity index (χ1n) is 4.93.